The monoisotopic (exact) mass is 356 g/mol. The summed E-state index contributed by atoms with van der Waals surface area (Å²) in [6.07, 6.45) is 6.81. The Labute approximate surface area is 157 Å². The first kappa shape index (κ1) is 18.0. The average molecular weight is 357 g/mol. The maximum absolute atomic E-state index is 13.3. The number of rotatable bonds is 6. The highest BCUT2D eigenvalue weighted by Gasteiger charge is 2.58. The van der Waals surface area contributed by atoms with Gasteiger partial charge in [-0.05, 0) is 69.5 Å². The van der Waals surface area contributed by atoms with Gasteiger partial charge < -0.3 is 15.0 Å². The molecule has 2 atom stereocenters. The standard InChI is InChI=1S/C22H32N2O2/c1-17-4-6-18(7-5-17)8-13-24(16-19-3-2-14-26-19)21(25)20-15-22(20)9-11-23-12-10-22/h4-7,19-20,23H,2-3,8-16H2,1H3. The fraction of sp³-hybridized carbons (Fsp3) is 0.682. The van der Waals surface area contributed by atoms with Gasteiger partial charge in [0.1, 0.15) is 0 Å². The minimum absolute atomic E-state index is 0.236. The predicted octanol–water partition coefficient (Wildman–Crippen LogP) is 2.93. The van der Waals surface area contributed by atoms with E-state index in [9.17, 15) is 4.79 Å². The highest BCUT2D eigenvalue weighted by molar-refractivity contribution is 5.82. The Morgan fingerprint density at radius 3 is 2.73 bits per heavy atom. The van der Waals surface area contributed by atoms with Gasteiger partial charge in [-0.3, -0.25) is 4.79 Å². The maximum Gasteiger partial charge on any atom is 0.226 e. The van der Waals surface area contributed by atoms with Crippen molar-refractivity contribution in [2.45, 2.75) is 51.6 Å². The second kappa shape index (κ2) is 7.69. The molecule has 1 aromatic rings. The smallest absolute Gasteiger partial charge is 0.226 e. The molecule has 4 nitrogen and oxygen atoms in total. The van der Waals surface area contributed by atoms with E-state index >= 15 is 0 Å². The molecule has 142 valence electrons. The topological polar surface area (TPSA) is 41.6 Å². The van der Waals surface area contributed by atoms with Crippen molar-refractivity contribution in [3.05, 3.63) is 35.4 Å². The third-order valence-corrected chi connectivity index (χ3v) is 6.64. The highest BCUT2D eigenvalue weighted by Crippen LogP contribution is 2.59. The fourth-order valence-corrected chi connectivity index (χ4v) is 4.74. The Hall–Kier alpha value is -1.39. The van der Waals surface area contributed by atoms with Crippen LogP contribution in [0.25, 0.3) is 0 Å². The summed E-state index contributed by atoms with van der Waals surface area (Å²) in [6, 6.07) is 8.70. The first-order valence-electron chi connectivity index (χ1n) is 10.3. The zero-order valence-electron chi connectivity index (χ0n) is 16.0. The molecule has 1 spiro atoms. The van der Waals surface area contributed by atoms with Crippen molar-refractivity contribution in [2.75, 3.05) is 32.8 Å². The summed E-state index contributed by atoms with van der Waals surface area (Å²) in [5, 5.41) is 3.43. The van der Waals surface area contributed by atoms with Crippen LogP contribution in [0.1, 0.15) is 43.2 Å². The Bertz CT molecular complexity index is 616. The summed E-state index contributed by atoms with van der Waals surface area (Å²) in [6.45, 7) is 6.69. The van der Waals surface area contributed by atoms with Gasteiger partial charge in [-0.25, -0.2) is 0 Å². The minimum atomic E-state index is 0.236. The van der Waals surface area contributed by atoms with Gasteiger partial charge in [0.2, 0.25) is 5.91 Å². The van der Waals surface area contributed by atoms with E-state index in [0.29, 0.717) is 11.3 Å². The van der Waals surface area contributed by atoms with Crippen LogP contribution < -0.4 is 5.32 Å². The molecule has 0 aromatic heterocycles. The van der Waals surface area contributed by atoms with Gasteiger partial charge in [-0.15, -0.1) is 0 Å². The number of hydrogen-bond acceptors (Lipinski definition) is 3. The van der Waals surface area contributed by atoms with Crippen molar-refractivity contribution in [1.29, 1.82) is 0 Å². The normalized spacial score (nSPS) is 26.8. The van der Waals surface area contributed by atoms with Crippen LogP contribution in [-0.4, -0.2) is 49.7 Å². The lowest BCUT2D eigenvalue weighted by Gasteiger charge is -2.28. The minimum Gasteiger partial charge on any atom is -0.376 e. The molecule has 4 rings (SSSR count). The van der Waals surface area contributed by atoms with Crippen molar-refractivity contribution in [2.24, 2.45) is 11.3 Å². The van der Waals surface area contributed by atoms with E-state index in [1.807, 2.05) is 0 Å². The number of hydrogen-bond donors (Lipinski definition) is 1. The van der Waals surface area contributed by atoms with Crippen LogP contribution in [0.4, 0.5) is 0 Å². The molecular formula is C22H32N2O2. The Morgan fingerprint density at radius 2 is 2.04 bits per heavy atom. The summed E-state index contributed by atoms with van der Waals surface area (Å²) in [5.41, 5.74) is 2.90. The molecule has 3 aliphatic rings. The van der Waals surface area contributed by atoms with E-state index in [1.165, 1.54) is 11.1 Å². The highest BCUT2D eigenvalue weighted by atomic mass is 16.5. The average Bonchev–Trinajstić information content (AvgIpc) is 3.10. The first-order valence-corrected chi connectivity index (χ1v) is 10.3. The number of amides is 1. The van der Waals surface area contributed by atoms with Gasteiger partial charge in [0.15, 0.2) is 0 Å². The van der Waals surface area contributed by atoms with Gasteiger partial charge >= 0.3 is 0 Å². The number of carbonyl (C=O) groups excluding carboxylic acids is 1. The molecule has 1 aliphatic carbocycles. The Morgan fingerprint density at radius 1 is 1.27 bits per heavy atom. The van der Waals surface area contributed by atoms with Crippen molar-refractivity contribution < 1.29 is 9.53 Å². The van der Waals surface area contributed by atoms with E-state index in [2.05, 4.69) is 41.4 Å². The van der Waals surface area contributed by atoms with Gasteiger partial charge in [0, 0.05) is 25.6 Å². The lowest BCUT2D eigenvalue weighted by Crippen LogP contribution is -2.41. The van der Waals surface area contributed by atoms with Crippen LogP contribution in [-0.2, 0) is 16.0 Å². The van der Waals surface area contributed by atoms with Crippen LogP contribution in [0.15, 0.2) is 24.3 Å². The number of carbonyl (C=O) groups is 1. The molecule has 0 radical (unpaired) electrons. The zero-order valence-corrected chi connectivity index (χ0v) is 16.0. The second-order valence-corrected chi connectivity index (χ2v) is 8.52. The van der Waals surface area contributed by atoms with Crippen molar-refractivity contribution in [1.82, 2.24) is 10.2 Å². The van der Waals surface area contributed by atoms with Crippen LogP contribution >= 0.6 is 0 Å². The van der Waals surface area contributed by atoms with E-state index in [1.54, 1.807) is 0 Å². The SMILES string of the molecule is Cc1ccc(CCN(CC2CCCO2)C(=O)C2CC23CCNCC3)cc1. The fourth-order valence-electron chi connectivity index (χ4n) is 4.74. The van der Waals surface area contributed by atoms with Crippen molar-refractivity contribution >= 4 is 5.91 Å². The van der Waals surface area contributed by atoms with Gasteiger partial charge in [0.25, 0.3) is 0 Å². The molecule has 3 fully saturated rings. The summed E-state index contributed by atoms with van der Waals surface area (Å²) in [5.74, 6) is 0.638. The largest absolute Gasteiger partial charge is 0.376 e. The number of piperidine rings is 1. The third kappa shape index (κ3) is 3.96. The molecule has 1 saturated carbocycles. The van der Waals surface area contributed by atoms with Crippen LogP contribution in [0, 0.1) is 18.3 Å². The molecule has 2 unspecified atom stereocenters. The molecule has 26 heavy (non-hydrogen) atoms. The molecule has 1 aromatic carbocycles. The number of ether oxygens (including phenoxy) is 1. The molecule has 2 saturated heterocycles. The second-order valence-electron chi connectivity index (χ2n) is 8.52. The maximum atomic E-state index is 13.3. The predicted molar refractivity (Wildman–Crippen MR) is 103 cm³/mol. The molecule has 1 amide bonds. The molecular weight excluding hydrogens is 324 g/mol. The molecule has 0 bridgehead atoms. The van der Waals surface area contributed by atoms with E-state index in [0.717, 1.165) is 71.3 Å². The Balaban J connectivity index is 1.40. The number of nitrogens with one attached hydrogen (secondary N) is 1. The van der Waals surface area contributed by atoms with Crippen molar-refractivity contribution in [3.63, 3.8) is 0 Å². The van der Waals surface area contributed by atoms with Crippen LogP contribution in [0.3, 0.4) is 0 Å². The van der Waals surface area contributed by atoms with Crippen molar-refractivity contribution in [3.8, 4) is 0 Å². The molecule has 2 aliphatic heterocycles. The van der Waals surface area contributed by atoms with Crippen LogP contribution in [0.5, 0.6) is 0 Å². The summed E-state index contributed by atoms with van der Waals surface area (Å²) < 4.78 is 5.83. The molecule has 1 N–H and O–H groups in total. The first-order chi connectivity index (χ1) is 12.7. The van der Waals surface area contributed by atoms with Gasteiger partial charge in [-0.2, -0.15) is 0 Å². The third-order valence-electron chi connectivity index (χ3n) is 6.64. The van der Waals surface area contributed by atoms with E-state index in [4.69, 9.17) is 4.74 Å². The lowest BCUT2D eigenvalue weighted by atomic mass is 9.91. The summed E-state index contributed by atoms with van der Waals surface area (Å²) >= 11 is 0. The van der Waals surface area contributed by atoms with E-state index in [-0.39, 0.29) is 12.0 Å². The molecule has 4 heteroatoms. The summed E-state index contributed by atoms with van der Waals surface area (Å²) in [4.78, 5) is 15.4. The van der Waals surface area contributed by atoms with Gasteiger partial charge in [-0.1, -0.05) is 29.8 Å². The number of nitrogens with zero attached hydrogens (tertiary/aromatic N) is 1. The number of aryl methyl sites for hydroxylation is 1. The summed E-state index contributed by atoms with van der Waals surface area (Å²) in [7, 11) is 0. The Kier molecular flexibility index (Phi) is 5.32. The van der Waals surface area contributed by atoms with E-state index < -0.39 is 0 Å². The van der Waals surface area contributed by atoms with Gasteiger partial charge in [0.05, 0.1) is 6.10 Å². The lowest BCUT2D eigenvalue weighted by molar-refractivity contribution is -0.135. The quantitative estimate of drug-likeness (QED) is 0.852. The zero-order chi connectivity index (χ0) is 18.0. The molecule has 2 heterocycles. The number of benzene rings is 1. The van der Waals surface area contributed by atoms with Crippen LogP contribution in [0.2, 0.25) is 0 Å².